The largest absolute Gasteiger partial charge is 0.480 e. The van der Waals surface area contributed by atoms with Crippen molar-refractivity contribution in [2.75, 3.05) is 13.1 Å². The Labute approximate surface area is 105 Å². The number of carboxylic acids is 1. The zero-order chi connectivity index (χ0) is 12.5. The zero-order valence-electron chi connectivity index (χ0n) is 9.40. The summed E-state index contributed by atoms with van der Waals surface area (Å²) in [6.07, 6.45) is 0.479. The minimum atomic E-state index is -1.11. The SMILES string of the molecule is NC1(C(=O)O)CCN(Cc2ccccc2Cl)C1. The number of halogens is 1. The molecule has 0 bridgehead atoms. The Morgan fingerprint density at radius 1 is 1.53 bits per heavy atom. The summed E-state index contributed by atoms with van der Waals surface area (Å²) in [5.41, 5.74) is 5.70. The predicted octanol–water partition coefficient (Wildman–Crippen LogP) is 1.33. The van der Waals surface area contributed by atoms with Crippen LogP contribution in [0.25, 0.3) is 0 Å². The molecule has 1 aliphatic rings. The van der Waals surface area contributed by atoms with Crippen LogP contribution in [0.1, 0.15) is 12.0 Å². The Hall–Kier alpha value is -1.10. The number of rotatable bonds is 3. The van der Waals surface area contributed by atoms with E-state index in [0.717, 1.165) is 5.56 Å². The fourth-order valence-corrected chi connectivity index (χ4v) is 2.29. The van der Waals surface area contributed by atoms with Crippen LogP contribution in [0.15, 0.2) is 24.3 Å². The fraction of sp³-hybridized carbons (Fsp3) is 0.417. The summed E-state index contributed by atoms with van der Waals surface area (Å²) in [7, 11) is 0. The molecule has 1 saturated heterocycles. The highest BCUT2D eigenvalue weighted by Crippen LogP contribution is 2.23. The quantitative estimate of drug-likeness (QED) is 0.854. The number of nitrogens with zero attached hydrogens (tertiary/aromatic N) is 1. The maximum Gasteiger partial charge on any atom is 0.325 e. The van der Waals surface area contributed by atoms with Gasteiger partial charge in [0.1, 0.15) is 5.54 Å². The van der Waals surface area contributed by atoms with E-state index >= 15 is 0 Å². The van der Waals surface area contributed by atoms with E-state index in [9.17, 15) is 4.79 Å². The van der Waals surface area contributed by atoms with E-state index in [4.69, 9.17) is 22.4 Å². The van der Waals surface area contributed by atoms with Crippen LogP contribution >= 0.6 is 11.6 Å². The highest BCUT2D eigenvalue weighted by Gasteiger charge is 2.41. The molecule has 1 fully saturated rings. The summed E-state index contributed by atoms with van der Waals surface area (Å²) in [6, 6.07) is 7.57. The Kier molecular flexibility index (Phi) is 3.38. The lowest BCUT2D eigenvalue weighted by Crippen LogP contribution is -2.50. The van der Waals surface area contributed by atoms with Crippen LogP contribution in [-0.2, 0) is 11.3 Å². The van der Waals surface area contributed by atoms with E-state index in [1.165, 1.54) is 0 Å². The molecule has 1 aromatic carbocycles. The van der Waals surface area contributed by atoms with E-state index in [0.29, 0.717) is 31.1 Å². The molecule has 1 aliphatic heterocycles. The maximum absolute atomic E-state index is 11.0. The average molecular weight is 255 g/mol. The van der Waals surface area contributed by atoms with Crippen molar-refractivity contribution in [3.05, 3.63) is 34.9 Å². The summed E-state index contributed by atoms with van der Waals surface area (Å²) in [6.45, 7) is 1.70. The van der Waals surface area contributed by atoms with Gasteiger partial charge in [0.25, 0.3) is 0 Å². The topological polar surface area (TPSA) is 66.6 Å². The Bertz CT molecular complexity index is 438. The van der Waals surface area contributed by atoms with Gasteiger partial charge in [0.2, 0.25) is 0 Å². The number of hydrogen-bond acceptors (Lipinski definition) is 3. The molecule has 1 unspecified atom stereocenters. The molecule has 0 aromatic heterocycles. The summed E-state index contributed by atoms with van der Waals surface area (Å²) in [4.78, 5) is 13.0. The maximum atomic E-state index is 11.0. The van der Waals surface area contributed by atoms with Crippen molar-refractivity contribution >= 4 is 17.6 Å². The van der Waals surface area contributed by atoms with Crippen molar-refractivity contribution in [3.8, 4) is 0 Å². The number of carboxylic acid groups (broad SMARTS) is 1. The van der Waals surface area contributed by atoms with Crippen LogP contribution in [0.3, 0.4) is 0 Å². The molecule has 92 valence electrons. The first-order chi connectivity index (χ1) is 8.01. The van der Waals surface area contributed by atoms with Gasteiger partial charge in [-0.3, -0.25) is 9.69 Å². The second-order valence-electron chi connectivity index (χ2n) is 4.51. The minimum Gasteiger partial charge on any atom is -0.480 e. The molecule has 5 heteroatoms. The minimum absolute atomic E-state index is 0.369. The van der Waals surface area contributed by atoms with E-state index in [1.54, 1.807) is 0 Å². The molecular formula is C12H15ClN2O2. The average Bonchev–Trinajstić information content (AvgIpc) is 2.65. The fourth-order valence-electron chi connectivity index (χ4n) is 2.09. The first-order valence-electron chi connectivity index (χ1n) is 5.49. The molecule has 1 heterocycles. The van der Waals surface area contributed by atoms with Crippen molar-refractivity contribution in [2.45, 2.75) is 18.5 Å². The lowest BCUT2D eigenvalue weighted by atomic mass is 10.0. The summed E-state index contributed by atoms with van der Waals surface area (Å²) in [5.74, 6) is -0.931. The predicted molar refractivity (Wildman–Crippen MR) is 65.9 cm³/mol. The molecule has 17 heavy (non-hydrogen) atoms. The van der Waals surface area contributed by atoms with Crippen LogP contribution in [0, 0.1) is 0 Å². The van der Waals surface area contributed by atoms with Crippen molar-refractivity contribution < 1.29 is 9.90 Å². The number of benzene rings is 1. The van der Waals surface area contributed by atoms with Crippen LogP contribution in [-0.4, -0.2) is 34.6 Å². The molecule has 3 N–H and O–H groups in total. The third-order valence-electron chi connectivity index (χ3n) is 3.16. The van der Waals surface area contributed by atoms with E-state index in [-0.39, 0.29) is 0 Å². The van der Waals surface area contributed by atoms with Gasteiger partial charge >= 0.3 is 5.97 Å². The highest BCUT2D eigenvalue weighted by atomic mass is 35.5. The first-order valence-corrected chi connectivity index (χ1v) is 5.87. The van der Waals surface area contributed by atoms with Gasteiger partial charge in [0.15, 0.2) is 0 Å². The molecule has 0 radical (unpaired) electrons. The normalized spacial score (nSPS) is 25.1. The molecular weight excluding hydrogens is 240 g/mol. The van der Waals surface area contributed by atoms with Gasteiger partial charge in [0.05, 0.1) is 0 Å². The van der Waals surface area contributed by atoms with Crippen LogP contribution in [0.4, 0.5) is 0 Å². The van der Waals surface area contributed by atoms with Crippen LogP contribution < -0.4 is 5.73 Å². The van der Waals surface area contributed by atoms with Crippen molar-refractivity contribution in [3.63, 3.8) is 0 Å². The van der Waals surface area contributed by atoms with Gasteiger partial charge in [-0.05, 0) is 18.1 Å². The van der Waals surface area contributed by atoms with E-state index in [2.05, 4.69) is 0 Å². The van der Waals surface area contributed by atoms with Gasteiger partial charge in [-0.2, -0.15) is 0 Å². The highest BCUT2D eigenvalue weighted by molar-refractivity contribution is 6.31. The summed E-state index contributed by atoms with van der Waals surface area (Å²) < 4.78 is 0. The Morgan fingerprint density at radius 3 is 2.82 bits per heavy atom. The van der Waals surface area contributed by atoms with Gasteiger partial charge in [-0.15, -0.1) is 0 Å². The van der Waals surface area contributed by atoms with Gasteiger partial charge in [0, 0.05) is 24.7 Å². The van der Waals surface area contributed by atoms with E-state index < -0.39 is 11.5 Å². The number of likely N-dealkylation sites (tertiary alicyclic amines) is 1. The van der Waals surface area contributed by atoms with Gasteiger partial charge in [-0.1, -0.05) is 29.8 Å². The molecule has 2 rings (SSSR count). The molecule has 4 nitrogen and oxygen atoms in total. The number of aliphatic carboxylic acids is 1. The van der Waals surface area contributed by atoms with Gasteiger partial charge < -0.3 is 10.8 Å². The third-order valence-corrected chi connectivity index (χ3v) is 3.53. The molecule has 0 spiro atoms. The second kappa shape index (κ2) is 4.64. The van der Waals surface area contributed by atoms with Crippen LogP contribution in [0.5, 0.6) is 0 Å². The van der Waals surface area contributed by atoms with Crippen LogP contribution in [0.2, 0.25) is 5.02 Å². The molecule has 0 saturated carbocycles. The molecule has 1 atom stereocenters. The zero-order valence-corrected chi connectivity index (χ0v) is 10.2. The van der Waals surface area contributed by atoms with Crippen molar-refractivity contribution in [1.29, 1.82) is 0 Å². The smallest absolute Gasteiger partial charge is 0.325 e. The summed E-state index contributed by atoms with van der Waals surface area (Å²) >= 11 is 6.06. The van der Waals surface area contributed by atoms with Crippen molar-refractivity contribution in [1.82, 2.24) is 4.90 Å². The lowest BCUT2D eigenvalue weighted by molar-refractivity contribution is -0.142. The monoisotopic (exact) mass is 254 g/mol. The number of nitrogens with two attached hydrogens (primary N) is 1. The molecule has 0 aliphatic carbocycles. The third kappa shape index (κ3) is 2.60. The Morgan fingerprint density at radius 2 is 2.24 bits per heavy atom. The number of hydrogen-bond donors (Lipinski definition) is 2. The first kappa shape index (κ1) is 12.4. The Balaban J connectivity index is 2.04. The van der Waals surface area contributed by atoms with E-state index in [1.807, 2.05) is 29.2 Å². The summed E-state index contributed by atoms with van der Waals surface area (Å²) in [5, 5.41) is 9.74. The molecule has 1 aromatic rings. The standard InChI is InChI=1S/C12H15ClN2O2/c13-10-4-2-1-3-9(10)7-15-6-5-12(14,8-15)11(16)17/h1-4H,5-8,14H2,(H,16,17). The lowest BCUT2D eigenvalue weighted by Gasteiger charge is -2.20. The second-order valence-corrected chi connectivity index (χ2v) is 4.92. The van der Waals surface area contributed by atoms with Crippen molar-refractivity contribution in [2.24, 2.45) is 5.73 Å². The van der Waals surface area contributed by atoms with Gasteiger partial charge in [-0.25, -0.2) is 0 Å². The molecule has 0 amide bonds. The number of carbonyl (C=O) groups is 1.